The third-order valence-electron chi connectivity index (χ3n) is 5.25. The van der Waals surface area contributed by atoms with Crippen molar-refractivity contribution in [1.82, 2.24) is 0 Å². The molecule has 3 aliphatic rings. The molecule has 9 nitrogen and oxygen atoms in total. The Kier molecular flexibility index (Phi) is 4.51. The number of hydrogen-bond acceptors (Lipinski definition) is 5. The average Bonchev–Trinajstić information content (AvgIpc) is 3.02. The molecule has 1 saturated carbocycles. The SMILES string of the molecule is [N-]=[N+]=NCC1Cc2c(ccc3c2OC2(CCCCC2)O3)C(CN=[N+]=[N-])O1. The molecule has 0 radical (unpaired) electrons. The number of benzene rings is 1. The van der Waals surface area contributed by atoms with E-state index in [1.165, 1.54) is 6.42 Å². The van der Waals surface area contributed by atoms with Crippen LogP contribution in [0.4, 0.5) is 0 Å². The van der Waals surface area contributed by atoms with Gasteiger partial charge in [0.05, 0.1) is 25.3 Å². The lowest BCUT2D eigenvalue weighted by atomic mass is 9.92. The summed E-state index contributed by atoms with van der Waals surface area (Å²) in [5.74, 6) is 0.983. The largest absolute Gasteiger partial charge is 0.448 e. The van der Waals surface area contributed by atoms with Gasteiger partial charge in [0.25, 0.3) is 5.79 Å². The highest BCUT2D eigenvalue weighted by Gasteiger charge is 2.45. The Hall–Kier alpha value is -2.60. The molecule has 1 aromatic carbocycles. The smallest absolute Gasteiger partial charge is 0.251 e. The summed E-state index contributed by atoms with van der Waals surface area (Å²) in [6, 6.07) is 3.87. The summed E-state index contributed by atoms with van der Waals surface area (Å²) in [7, 11) is 0. The van der Waals surface area contributed by atoms with Crippen LogP contribution in [-0.2, 0) is 11.2 Å². The van der Waals surface area contributed by atoms with Crippen LogP contribution in [0.1, 0.15) is 49.3 Å². The number of hydrogen-bond donors (Lipinski definition) is 0. The second-order valence-electron chi connectivity index (χ2n) is 6.91. The van der Waals surface area contributed by atoms with E-state index >= 15 is 0 Å². The van der Waals surface area contributed by atoms with Crippen LogP contribution in [0.15, 0.2) is 22.4 Å². The van der Waals surface area contributed by atoms with Crippen molar-refractivity contribution in [3.8, 4) is 11.5 Å². The standard InChI is InChI=1S/C17H20N6O3/c18-22-20-9-11-8-13-12(15(24-11)10-21-23-19)4-5-14-16(13)26-17(25-14)6-2-1-3-7-17/h4-5,11,15H,1-3,6-10H2. The molecule has 2 unspecified atom stereocenters. The van der Waals surface area contributed by atoms with Crippen LogP contribution < -0.4 is 9.47 Å². The first-order valence-electron chi connectivity index (χ1n) is 8.96. The Balaban J connectivity index is 1.68. The van der Waals surface area contributed by atoms with Gasteiger partial charge < -0.3 is 14.2 Å². The highest BCUT2D eigenvalue weighted by atomic mass is 16.7. The van der Waals surface area contributed by atoms with E-state index in [4.69, 9.17) is 25.3 Å². The van der Waals surface area contributed by atoms with Crippen LogP contribution >= 0.6 is 0 Å². The maximum Gasteiger partial charge on any atom is 0.251 e. The summed E-state index contributed by atoms with van der Waals surface area (Å²) in [5.41, 5.74) is 19.2. The number of azide groups is 2. The van der Waals surface area contributed by atoms with Crippen LogP contribution in [0.5, 0.6) is 11.5 Å². The third kappa shape index (κ3) is 3.01. The van der Waals surface area contributed by atoms with Crippen LogP contribution in [0.3, 0.4) is 0 Å². The van der Waals surface area contributed by atoms with Crippen LogP contribution in [0.2, 0.25) is 0 Å². The number of nitrogens with zero attached hydrogens (tertiary/aromatic N) is 6. The molecule has 2 heterocycles. The number of ether oxygens (including phenoxy) is 3. The minimum absolute atomic E-state index is 0.182. The van der Waals surface area contributed by atoms with Gasteiger partial charge in [-0.3, -0.25) is 0 Å². The lowest BCUT2D eigenvalue weighted by Gasteiger charge is -2.33. The van der Waals surface area contributed by atoms with E-state index in [0.717, 1.165) is 48.3 Å². The molecule has 1 aromatic rings. The van der Waals surface area contributed by atoms with E-state index in [0.29, 0.717) is 6.42 Å². The second-order valence-corrected chi connectivity index (χ2v) is 6.91. The average molecular weight is 356 g/mol. The Morgan fingerprint density at radius 1 is 1.04 bits per heavy atom. The van der Waals surface area contributed by atoms with E-state index in [1.54, 1.807) is 0 Å². The lowest BCUT2D eigenvalue weighted by molar-refractivity contribution is -0.106. The van der Waals surface area contributed by atoms with E-state index in [2.05, 4.69) is 20.1 Å². The van der Waals surface area contributed by atoms with E-state index in [9.17, 15) is 0 Å². The molecule has 2 atom stereocenters. The molecular weight excluding hydrogens is 336 g/mol. The van der Waals surface area contributed by atoms with Gasteiger partial charge in [0.1, 0.15) is 0 Å². The van der Waals surface area contributed by atoms with E-state index in [-0.39, 0.29) is 25.3 Å². The molecule has 136 valence electrons. The molecule has 9 heteroatoms. The van der Waals surface area contributed by atoms with Gasteiger partial charge in [0, 0.05) is 34.6 Å². The summed E-state index contributed by atoms with van der Waals surface area (Å²) in [5, 5.41) is 7.31. The lowest BCUT2D eigenvalue weighted by Crippen LogP contribution is -2.40. The van der Waals surface area contributed by atoms with Gasteiger partial charge in [-0.25, -0.2) is 0 Å². The Morgan fingerprint density at radius 2 is 1.81 bits per heavy atom. The molecule has 1 fully saturated rings. The fourth-order valence-corrected chi connectivity index (χ4v) is 4.10. The van der Waals surface area contributed by atoms with E-state index < -0.39 is 5.79 Å². The van der Waals surface area contributed by atoms with Gasteiger partial charge >= 0.3 is 0 Å². The fourth-order valence-electron chi connectivity index (χ4n) is 4.10. The predicted octanol–water partition coefficient (Wildman–Crippen LogP) is 4.72. The Morgan fingerprint density at radius 3 is 2.58 bits per heavy atom. The van der Waals surface area contributed by atoms with Crippen molar-refractivity contribution in [3.05, 3.63) is 44.1 Å². The van der Waals surface area contributed by atoms with Crippen molar-refractivity contribution in [2.75, 3.05) is 13.1 Å². The van der Waals surface area contributed by atoms with Gasteiger partial charge in [-0.15, -0.1) is 0 Å². The van der Waals surface area contributed by atoms with Crippen molar-refractivity contribution in [1.29, 1.82) is 0 Å². The van der Waals surface area contributed by atoms with Gasteiger partial charge in [-0.2, -0.15) is 0 Å². The van der Waals surface area contributed by atoms with Crippen LogP contribution in [0, 0.1) is 0 Å². The zero-order valence-electron chi connectivity index (χ0n) is 14.4. The highest BCUT2D eigenvalue weighted by Crippen LogP contribution is 2.50. The van der Waals surface area contributed by atoms with Gasteiger partial charge in [-0.05, 0) is 35.5 Å². The second kappa shape index (κ2) is 6.96. The zero-order valence-corrected chi connectivity index (χ0v) is 14.4. The maximum atomic E-state index is 8.66. The Bertz CT molecular complexity index is 794. The third-order valence-corrected chi connectivity index (χ3v) is 5.25. The molecule has 1 aliphatic carbocycles. The first-order valence-corrected chi connectivity index (χ1v) is 8.96. The highest BCUT2D eigenvalue weighted by molar-refractivity contribution is 5.55. The first kappa shape index (κ1) is 16.8. The molecule has 2 aliphatic heterocycles. The van der Waals surface area contributed by atoms with Gasteiger partial charge in [-0.1, -0.05) is 22.7 Å². The topological polar surface area (TPSA) is 125 Å². The summed E-state index contributed by atoms with van der Waals surface area (Å²) in [4.78, 5) is 5.66. The van der Waals surface area contributed by atoms with Crippen molar-refractivity contribution in [2.45, 2.75) is 56.5 Å². The predicted molar refractivity (Wildman–Crippen MR) is 92.9 cm³/mol. The van der Waals surface area contributed by atoms with E-state index in [1.807, 2.05) is 12.1 Å². The maximum absolute atomic E-state index is 8.66. The first-order chi connectivity index (χ1) is 12.7. The minimum atomic E-state index is -0.547. The minimum Gasteiger partial charge on any atom is -0.448 e. The quantitative estimate of drug-likeness (QED) is 0.440. The van der Waals surface area contributed by atoms with Crippen molar-refractivity contribution < 1.29 is 14.2 Å². The monoisotopic (exact) mass is 356 g/mol. The zero-order chi connectivity index (χ0) is 18.0. The number of fused-ring (bicyclic) bond motifs is 3. The molecule has 0 bridgehead atoms. The molecule has 0 amide bonds. The van der Waals surface area contributed by atoms with Gasteiger partial charge in [0.2, 0.25) is 0 Å². The summed E-state index contributed by atoms with van der Waals surface area (Å²) >= 11 is 0. The molecule has 4 rings (SSSR count). The van der Waals surface area contributed by atoms with Crippen molar-refractivity contribution >= 4 is 0 Å². The molecule has 26 heavy (non-hydrogen) atoms. The summed E-state index contributed by atoms with van der Waals surface area (Å²) in [6.07, 6.45) is 5.08. The normalized spacial score (nSPS) is 25.1. The van der Waals surface area contributed by atoms with Crippen LogP contribution in [0.25, 0.3) is 20.9 Å². The molecule has 0 saturated heterocycles. The molecule has 0 aromatic heterocycles. The molecule has 0 N–H and O–H groups in total. The Labute approximate surface area is 150 Å². The molecular formula is C17H20N6O3. The van der Waals surface area contributed by atoms with Crippen LogP contribution in [-0.4, -0.2) is 25.0 Å². The molecule has 1 spiro atoms. The summed E-state index contributed by atoms with van der Waals surface area (Å²) in [6.45, 7) is 0.402. The fraction of sp³-hybridized carbons (Fsp3) is 0.647. The summed E-state index contributed by atoms with van der Waals surface area (Å²) < 4.78 is 18.5. The number of rotatable bonds is 4. The van der Waals surface area contributed by atoms with Crippen molar-refractivity contribution in [2.24, 2.45) is 10.2 Å². The van der Waals surface area contributed by atoms with Gasteiger partial charge in [0.15, 0.2) is 11.5 Å². The van der Waals surface area contributed by atoms with Crippen molar-refractivity contribution in [3.63, 3.8) is 0 Å².